The van der Waals surface area contributed by atoms with Gasteiger partial charge in [-0.3, -0.25) is 0 Å². The molecule has 1 aliphatic heterocycles. The van der Waals surface area contributed by atoms with Gasteiger partial charge in [0.2, 0.25) is 0 Å². The molecular weight excluding hydrogens is 418 g/mol. The second-order valence-corrected chi connectivity index (χ2v) is 7.61. The van der Waals surface area contributed by atoms with Crippen LogP contribution >= 0.6 is 0 Å². The first-order chi connectivity index (χ1) is 16.3. The van der Waals surface area contributed by atoms with E-state index in [9.17, 15) is 0 Å². The molecule has 4 N–H and O–H groups in total. The van der Waals surface area contributed by atoms with Gasteiger partial charge in [0, 0.05) is 6.54 Å². The number of nitrogens with one attached hydrogen (secondary N) is 4. The molecule has 0 spiro atoms. The van der Waals surface area contributed by atoms with Crippen molar-refractivity contribution in [1.29, 1.82) is 0 Å². The van der Waals surface area contributed by atoms with Crippen molar-refractivity contribution in [2.24, 2.45) is 0 Å². The first kappa shape index (κ1) is 19.6. The molecular formula is C24H21N7O2. The van der Waals surface area contributed by atoms with Crippen LogP contribution in [-0.4, -0.2) is 14.5 Å². The Kier molecular flexibility index (Phi) is 5.06. The lowest BCUT2D eigenvalue weighted by Gasteiger charge is -2.12. The number of hydrogen-bond acceptors (Lipinski definition) is 8. The molecule has 2 aromatic heterocycles. The maximum absolute atomic E-state index is 6.15. The van der Waals surface area contributed by atoms with Crippen LogP contribution in [0.3, 0.4) is 0 Å². The molecule has 6 rings (SSSR count). The van der Waals surface area contributed by atoms with Gasteiger partial charge in [-0.25, -0.2) is 20.8 Å². The Labute approximate surface area is 189 Å². The van der Waals surface area contributed by atoms with E-state index in [1.54, 1.807) is 12.5 Å². The lowest BCUT2D eigenvalue weighted by atomic mass is 10.1. The zero-order valence-corrected chi connectivity index (χ0v) is 17.5. The number of imidazole rings is 1. The van der Waals surface area contributed by atoms with Crippen LogP contribution in [-0.2, 0) is 6.54 Å². The number of oxazole rings is 1. The molecule has 0 aliphatic carbocycles. The molecule has 0 atom stereocenters. The highest BCUT2D eigenvalue weighted by Crippen LogP contribution is 2.33. The van der Waals surface area contributed by atoms with Gasteiger partial charge < -0.3 is 13.7 Å². The van der Waals surface area contributed by atoms with Gasteiger partial charge in [0.05, 0.1) is 11.7 Å². The van der Waals surface area contributed by atoms with Gasteiger partial charge in [-0.05, 0) is 35.4 Å². The van der Waals surface area contributed by atoms with Crippen molar-refractivity contribution in [2.45, 2.75) is 12.7 Å². The second-order valence-electron chi connectivity index (χ2n) is 7.61. The third kappa shape index (κ3) is 3.86. The van der Waals surface area contributed by atoms with E-state index in [-0.39, 0.29) is 6.17 Å². The summed E-state index contributed by atoms with van der Waals surface area (Å²) in [6.07, 6.45) is 3.17. The van der Waals surface area contributed by atoms with E-state index in [4.69, 9.17) is 14.1 Å². The van der Waals surface area contributed by atoms with Gasteiger partial charge in [0.25, 0.3) is 5.89 Å². The van der Waals surface area contributed by atoms with Crippen LogP contribution in [0.25, 0.3) is 22.7 Å². The summed E-state index contributed by atoms with van der Waals surface area (Å²) in [5, 5.41) is 0. The zero-order chi connectivity index (χ0) is 22.0. The molecule has 5 aromatic rings. The Morgan fingerprint density at radius 1 is 0.909 bits per heavy atom. The fourth-order valence-electron chi connectivity index (χ4n) is 3.89. The van der Waals surface area contributed by atoms with Crippen molar-refractivity contribution in [3.8, 4) is 23.2 Å². The molecule has 164 valence electrons. The average Bonchev–Trinajstić information content (AvgIpc) is 3.63. The highest BCUT2D eigenvalue weighted by atomic mass is 16.5. The average molecular weight is 439 g/mol. The van der Waals surface area contributed by atoms with Gasteiger partial charge in [-0.15, -0.1) is 0 Å². The number of ether oxygens (including phenoxy) is 1. The standard InChI is InChI=1S/C24H21N7O2/c1-2-5-18(6-3-1)33-20-8-4-7-19-21(20)26-23(24-25-13-14-32-24)31(19)15-16-9-11-17(12-10-16)22-27-29-30-28-22/h1-14,22,27-30H,15H2. The van der Waals surface area contributed by atoms with Crippen LogP contribution in [0.5, 0.6) is 11.5 Å². The van der Waals surface area contributed by atoms with Crippen LogP contribution in [0.2, 0.25) is 0 Å². The minimum absolute atomic E-state index is 0.00583. The highest BCUT2D eigenvalue weighted by Gasteiger charge is 2.20. The third-order valence-electron chi connectivity index (χ3n) is 5.49. The number of aromatic nitrogens is 3. The van der Waals surface area contributed by atoms with Gasteiger partial charge in [0.15, 0.2) is 11.6 Å². The summed E-state index contributed by atoms with van der Waals surface area (Å²) in [7, 11) is 0. The number of hydrazine groups is 3. The summed E-state index contributed by atoms with van der Waals surface area (Å²) in [5.41, 5.74) is 15.8. The van der Waals surface area contributed by atoms with E-state index in [2.05, 4.69) is 55.7 Å². The number of para-hydroxylation sites is 2. The SMILES string of the molecule is c1ccc(Oc2cccc3c2nc(-c2ncco2)n3Cc2ccc(C3NNNN3)cc2)cc1. The number of hydrogen-bond donors (Lipinski definition) is 4. The monoisotopic (exact) mass is 439 g/mol. The van der Waals surface area contributed by atoms with Crippen LogP contribution in [0.15, 0.2) is 89.7 Å². The maximum Gasteiger partial charge on any atom is 0.263 e. The first-order valence-electron chi connectivity index (χ1n) is 10.6. The molecule has 0 unspecified atom stereocenters. The van der Waals surface area contributed by atoms with Crippen molar-refractivity contribution >= 4 is 11.0 Å². The molecule has 1 aliphatic rings. The second kappa shape index (κ2) is 8.49. The van der Waals surface area contributed by atoms with Crippen LogP contribution in [0.4, 0.5) is 0 Å². The summed E-state index contributed by atoms with van der Waals surface area (Å²) in [4.78, 5) is 9.22. The van der Waals surface area contributed by atoms with Crippen LogP contribution in [0.1, 0.15) is 17.3 Å². The number of rotatable bonds is 6. The quantitative estimate of drug-likeness (QED) is 0.318. The number of benzene rings is 3. The molecule has 3 heterocycles. The van der Waals surface area contributed by atoms with Crippen LogP contribution in [0, 0.1) is 0 Å². The normalized spacial score (nSPS) is 14.2. The van der Waals surface area contributed by atoms with E-state index < -0.39 is 0 Å². The summed E-state index contributed by atoms with van der Waals surface area (Å²) >= 11 is 0. The highest BCUT2D eigenvalue weighted by molar-refractivity contribution is 5.85. The molecule has 0 saturated carbocycles. The van der Waals surface area contributed by atoms with E-state index in [1.807, 2.05) is 48.5 Å². The van der Waals surface area contributed by atoms with Gasteiger partial charge in [-0.2, -0.15) is 11.1 Å². The molecule has 1 saturated heterocycles. The summed E-state index contributed by atoms with van der Waals surface area (Å²) < 4.78 is 13.9. The van der Waals surface area contributed by atoms with Crippen molar-refractivity contribution in [1.82, 2.24) is 36.5 Å². The summed E-state index contributed by atoms with van der Waals surface area (Å²) in [5.74, 6) is 2.55. The predicted octanol–water partition coefficient (Wildman–Crippen LogP) is 3.65. The Morgan fingerprint density at radius 3 is 2.48 bits per heavy atom. The summed E-state index contributed by atoms with van der Waals surface area (Å²) in [6.45, 7) is 0.602. The fraction of sp³-hybridized carbons (Fsp3) is 0.0833. The Balaban J connectivity index is 1.39. The molecule has 1 fully saturated rings. The predicted molar refractivity (Wildman–Crippen MR) is 123 cm³/mol. The molecule has 0 radical (unpaired) electrons. The van der Waals surface area contributed by atoms with Crippen LogP contribution < -0.4 is 26.7 Å². The third-order valence-corrected chi connectivity index (χ3v) is 5.49. The smallest absolute Gasteiger partial charge is 0.263 e. The Hall–Kier alpha value is -4.02. The minimum atomic E-state index is -0.00583. The topological polar surface area (TPSA) is 101 Å². The first-order valence-corrected chi connectivity index (χ1v) is 10.6. The number of nitrogens with zero attached hydrogens (tertiary/aromatic N) is 3. The summed E-state index contributed by atoms with van der Waals surface area (Å²) in [6, 6.07) is 24.0. The molecule has 0 amide bonds. The zero-order valence-electron chi connectivity index (χ0n) is 17.5. The molecule has 33 heavy (non-hydrogen) atoms. The number of fused-ring (bicyclic) bond motifs is 1. The van der Waals surface area contributed by atoms with E-state index in [0.717, 1.165) is 27.9 Å². The Bertz CT molecular complexity index is 1360. The lowest BCUT2D eigenvalue weighted by Crippen LogP contribution is -2.33. The van der Waals surface area contributed by atoms with Gasteiger partial charge >= 0.3 is 0 Å². The largest absolute Gasteiger partial charge is 0.455 e. The Morgan fingerprint density at radius 2 is 1.73 bits per heavy atom. The van der Waals surface area contributed by atoms with E-state index in [0.29, 0.717) is 24.0 Å². The molecule has 3 aromatic carbocycles. The van der Waals surface area contributed by atoms with Crippen molar-refractivity contribution in [2.75, 3.05) is 0 Å². The molecule has 9 heteroatoms. The van der Waals surface area contributed by atoms with Gasteiger partial charge in [-0.1, -0.05) is 48.5 Å². The maximum atomic E-state index is 6.15. The minimum Gasteiger partial charge on any atom is -0.455 e. The van der Waals surface area contributed by atoms with Crippen molar-refractivity contribution in [3.63, 3.8) is 0 Å². The molecule has 0 bridgehead atoms. The van der Waals surface area contributed by atoms with Crippen molar-refractivity contribution in [3.05, 3.63) is 96.4 Å². The van der Waals surface area contributed by atoms with E-state index in [1.165, 1.54) is 0 Å². The fourth-order valence-corrected chi connectivity index (χ4v) is 3.89. The van der Waals surface area contributed by atoms with E-state index >= 15 is 0 Å². The van der Waals surface area contributed by atoms with Crippen molar-refractivity contribution < 1.29 is 9.15 Å². The van der Waals surface area contributed by atoms with Gasteiger partial charge in [0.1, 0.15) is 23.7 Å². The molecule has 9 nitrogen and oxygen atoms in total. The lowest BCUT2D eigenvalue weighted by molar-refractivity contribution is 0.487.